The molecule has 1 N–H and O–H groups in total. The van der Waals surface area contributed by atoms with E-state index in [1.54, 1.807) is 0 Å². The molecule has 280 valence electrons. The van der Waals surface area contributed by atoms with E-state index in [2.05, 4.69) is 93.2 Å². The van der Waals surface area contributed by atoms with Gasteiger partial charge in [0.25, 0.3) is 0 Å². The second-order valence-corrected chi connectivity index (χ2v) is 12.3. The summed E-state index contributed by atoms with van der Waals surface area (Å²) in [4.78, 5) is 1.01. The molecule has 3 aromatic carbocycles. The van der Waals surface area contributed by atoms with E-state index in [1.807, 2.05) is 0 Å². The van der Waals surface area contributed by atoms with Crippen molar-refractivity contribution in [1.29, 1.82) is 0 Å². The maximum absolute atomic E-state index is 13.0. The Bertz CT molecular complexity index is 1770. The van der Waals surface area contributed by atoms with Gasteiger partial charge in [-0.3, -0.25) is 4.55 Å². The maximum Gasteiger partial charge on any atom is 0.460 e. The highest BCUT2D eigenvalue weighted by atomic mass is 32.2. The van der Waals surface area contributed by atoms with Gasteiger partial charge in [0, 0.05) is 10.5 Å². The van der Waals surface area contributed by atoms with Gasteiger partial charge in [0.2, 0.25) is 0 Å². The second-order valence-electron chi connectivity index (χ2n) is 10.4. The van der Waals surface area contributed by atoms with Crippen LogP contribution >= 0.6 is 12.6 Å². The van der Waals surface area contributed by atoms with Crippen LogP contribution in [0.1, 0.15) is 11.1 Å². The number of hydrogen-bond acceptors (Lipinski definition) is 3. The standard InChI is InChI=1S/C20H18S.C8HF17O3S/c1-14-6-10-16(11-7-14)18-4-3-5-19(21)20(18)17-12-8-15(2)9-13-17;9-1(10,3(13,14)5(17,18)7(21,22)23)2(11,12)4(15,16)6(19,20)8(24,25)29(26,27)28/h3-13,21H,1-2H3;(H,26,27,28). The summed E-state index contributed by atoms with van der Waals surface area (Å²) in [5, 5.41) is -7.84. The van der Waals surface area contributed by atoms with Crippen LogP contribution in [0.3, 0.4) is 0 Å². The monoisotopic (exact) mass is 790 g/mol. The summed E-state index contributed by atoms with van der Waals surface area (Å²) in [6, 6.07) is 23.6. The topological polar surface area (TPSA) is 54.4 Å². The van der Waals surface area contributed by atoms with Crippen molar-refractivity contribution in [2.45, 2.75) is 65.7 Å². The van der Waals surface area contributed by atoms with Crippen LogP contribution in [0.5, 0.6) is 0 Å². The third kappa shape index (κ3) is 6.98. The molecule has 3 rings (SSSR count). The predicted octanol–water partition coefficient (Wildman–Crippen LogP) is 10.8. The molecule has 50 heavy (non-hydrogen) atoms. The highest BCUT2D eigenvalue weighted by molar-refractivity contribution is 7.87. The first-order chi connectivity index (χ1) is 22.1. The predicted molar refractivity (Wildman–Crippen MR) is 146 cm³/mol. The number of aryl methyl sites for hydroxylation is 2. The van der Waals surface area contributed by atoms with Gasteiger partial charge in [0.1, 0.15) is 0 Å². The van der Waals surface area contributed by atoms with E-state index in [-0.39, 0.29) is 0 Å². The number of benzene rings is 3. The van der Waals surface area contributed by atoms with E-state index in [0.29, 0.717) is 0 Å². The molecule has 0 spiro atoms. The molecule has 0 aliphatic carbocycles. The fourth-order valence-corrected chi connectivity index (χ4v) is 4.64. The third-order valence-electron chi connectivity index (χ3n) is 6.76. The molecule has 0 amide bonds. The first kappa shape index (κ1) is 42.9. The van der Waals surface area contributed by atoms with Crippen LogP contribution < -0.4 is 0 Å². The van der Waals surface area contributed by atoms with Gasteiger partial charge in [-0.05, 0) is 36.6 Å². The summed E-state index contributed by atoms with van der Waals surface area (Å²) in [6.45, 7) is 4.22. The third-order valence-corrected chi connectivity index (χ3v) is 8.04. The highest BCUT2D eigenvalue weighted by Gasteiger charge is 2.96. The van der Waals surface area contributed by atoms with Crippen LogP contribution in [0.2, 0.25) is 0 Å². The first-order valence-corrected chi connectivity index (χ1v) is 14.7. The summed E-state index contributed by atoms with van der Waals surface area (Å²) >= 11 is 4.68. The number of thiol groups is 1. The zero-order valence-electron chi connectivity index (χ0n) is 24.4. The smallest absolute Gasteiger partial charge is 0.281 e. The van der Waals surface area contributed by atoms with Crippen molar-refractivity contribution < 1.29 is 87.6 Å². The van der Waals surface area contributed by atoms with Gasteiger partial charge in [-0.15, -0.1) is 12.6 Å². The quantitative estimate of drug-likeness (QED) is 0.129. The fraction of sp³-hybridized carbons (Fsp3) is 0.357. The summed E-state index contributed by atoms with van der Waals surface area (Å²) in [5.74, 6) is -52.0. The van der Waals surface area contributed by atoms with Gasteiger partial charge in [-0.25, -0.2) is 0 Å². The Balaban J connectivity index is 0.000000361. The average molecular weight is 791 g/mol. The Morgan fingerprint density at radius 2 is 0.840 bits per heavy atom. The van der Waals surface area contributed by atoms with Crippen LogP contribution in [-0.2, 0) is 10.1 Å². The van der Waals surface area contributed by atoms with Crippen molar-refractivity contribution in [3.8, 4) is 22.3 Å². The Labute approximate surface area is 276 Å². The lowest BCUT2D eigenvalue weighted by molar-refractivity contribution is -0.458. The maximum atomic E-state index is 13.0. The molecule has 0 saturated carbocycles. The number of hydrogen-bond donors (Lipinski definition) is 2. The van der Waals surface area contributed by atoms with Gasteiger partial charge in [-0.2, -0.15) is 83.1 Å². The lowest BCUT2D eigenvalue weighted by Gasteiger charge is -2.42. The zero-order chi connectivity index (χ0) is 39.3. The highest BCUT2D eigenvalue weighted by Crippen LogP contribution is 2.64. The minimum Gasteiger partial charge on any atom is -0.281 e. The average Bonchev–Trinajstić information content (AvgIpc) is 2.96. The molecule has 3 nitrogen and oxygen atoms in total. The molecule has 22 heteroatoms. The van der Waals surface area contributed by atoms with E-state index in [9.17, 15) is 83.1 Å². The minimum absolute atomic E-state index is 1.01. The summed E-state index contributed by atoms with van der Waals surface area (Å²) < 4.78 is 242. The van der Waals surface area contributed by atoms with E-state index in [4.69, 9.17) is 4.55 Å². The van der Waals surface area contributed by atoms with Crippen molar-refractivity contribution >= 4 is 22.7 Å². The van der Waals surface area contributed by atoms with Crippen LogP contribution in [-0.4, -0.2) is 59.9 Å². The molecule has 0 unspecified atom stereocenters. The fourth-order valence-electron chi connectivity index (χ4n) is 3.85. The van der Waals surface area contributed by atoms with Gasteiger partial charge < -0.3 is 0 Å². The molecule has 0 aliphatic rings. The molecular formula is C28H19F17O3S2. The summed E-state index contributed by atoms with van der Waals surface area (Å²) in [6.07, 6.45) is -7.88. The Hall–Kier alpha value is -3.27. The van der Waals surface area contributed by atoms with Crippen LogP contribution in [0.4, 0.5) is 74.6 Å². The SMILES string of the molecule is Cc1ccc(-c2cccc(S)c2-c2ccc(C)cc2)cc1.O=S(=O)(O)C(F)(F)C(F)(F)C(F)(F)C(F)(F)C(F)(F)C(F)(F)C(F)(F)C(F)(F)F. The molecular weight excluding hydrogens is 771 g/mol. The van der Waals surface area contributed by atoms with Gasteiger partial charge in [0.05, 0.1) is 0 Å². The zero-order valence-corrected chi connectivity index (χ0v) is 26.1. The van der Waals surface area contributed by atoms with Gasteiger partial charge in [-0.1, -0.05) is 71.8 Å². The molecule has 0 saturated heterocycles. The number of halogens is 17. The Kier molecular flexibility index (Phi) is 11.5. The molecule has 0 atom stereocenters. The molecule has 0 radical (unpaired) electrons. The van der Waals surface area contributed by atoms with Crippen LogP contribution in [0.25, 0.3) is 22.3 Å². The largest absolute Gasteiger partial charge is 0.460 e. The molecule has 0 heterocycles. The van der Waals surface area contributed by atoms with Crippen LogP contribution in [0, 0.1) is 13.8 Å². The van der Waals surface area contributed by atoms with E-state index >= 15 is 0 Å². The number of alkyl halides is 17. The number of rotatable bonds is 9. The van der Waals surface area contributed by atoms with Crippen molar-refractivity contribution in [2.24, 2.45) is 0 Å². The Morgan fingerprint density at radius 3 is 1.20 bits per heavy atom. The lowest BCUT2D eigenvalue weighted by Crippen LogP contribution is -2.74. The van der Waals surface area contributed by atoms with E-state index in [0.717, 1.165) is 4.90 Å². The summed E-state index contributed by atoms with van der Waals surface area (Å²) in [5.41, 5.74) is 7.41. The lowest BCUT2D eigenvalue weighted by atomic mass is 9.91. The second kappa shape index (κ2) is 13.4. The van der Waals surface area contributed by atoms with Crippen molar-refractivity contribution in [2.75, 3.05) is 0 Å². The molecule has 0 aliphatic heterocycles. The molecule has 0 bridgehead atoms. The van der Waals surface area contributed by atoms with E-state index in [1.165, 1.54) is 33.4 Å². The van der Waals surface area contributed by atoms with Gasteiger partial charge in [0.15, 0.2) is 0 Å². The Morgan fingerprint density at radius 1 is 0.500 bits per heavy atom. The molecule has 3 aromatic rings. The van der Waals surface area contributed by atoms with Crippen LogP contribution in [0.15, 0.2) is 71.6 Å². The van der Waals surface area contributed by atoms with E-state index < -0.39 is 57.1 Å². The van der Waals surface area contributed by atoms with Crippen molar-refractivity contribution in [1.82, 2.24) is 0 Å². The first-order valence-electron chi connectivity index (χ1n) is 12.8. The minimum atomic E-state index is -8.89. The summed E-state index contributed by atoms with van der Waals surface area (Å²) in [7, 11) is -7.89. The van der Waals surface area contributed by atoms with Crippen molar-refractivity contribution in [3.05, 3.63) is 77.9 Å². The van der Waals surface area contributed by atoms with Gasteiger partial charge >= 0.3 is 57.1 Å². The normalized spacial score (nSPS) is 14.3. The van der Waals surface area contributed by atoms with Crippen molar-refractivity contribution in [3.63, 3.8) is 0 Å². The molecule has 0 aromatic heterocycles. The molecule has 0 fully saturated rings.